The van der Waals surface area contributed by atoms with Gasteiger partial charge in [-0.25, -0.2) is 9.37 Å². The number of halogens is 1. The summed E-state index contributed by atoms with van der Waals surface area (Å²) < 4.78 is 13.2. The summed E-state index contributed by atoms with van der Waals surface area (Å²) in [5.74, 6) is -0.193. The van der Waals surface area contributed by atoms with Gasteiger partial charge in [0.1, 0.15) is 10.8 Å². The van der Waals surface area contributed by atoms with Crippen molar-refractivity contribution in [1.82, 2.24) is 4.98 Å². The van der Waals surface area contributed by atoms with Gasteiger partial charge in [-0.2, -0.15) is 0 Å². The molecule has 0 saturated heterocycles. The number of aromatic nitrogens is 1. The minimum atomic E-state index is -0.193. The van der Waals surface area contributed by atoms with Gasteiger partial charge in [0, 0.05) is 6.42 Å². The first-order valence-corrected chi connectivity index (χ1v) is 5.01. The van der Waals surface area contributed by atoms with Crippen molar-refractivity contribution in [2.75, 3.05) is 5.73 Å². The summed E-state index contributed by atoms with van der Waals surface area (Å²) in [5.41, 5.74) is 6.19. The summed E-state index contributed by atoms with van der Waals surface area (Å²) in [7, 11) is 0. The van der Waals surface area contributed by atoms with E-state index in [4.69, 9.17) is 5.73 Å². The normalized spacial score (nSPS) is 10.4. The van der Waals surface area contributed by atoms with Crippen molar-refractivity contribution in [3.63, 3.8) is 0 Å². The molecule has 1 aromatic carbocycles. The quantitative estimate of drug-likeness (QED) is 0.823. The Balaban J connectivity index is 2.23. The zero-order valence-corrected chi connectivity index (χ0v) is 8.22. The maximum absolute atomic E-state index is 13.2. The van der Waals surface area contributed by atoms with Gasteiger partial charge >= 0.3 is 0 Å². The smallest absolute Gasteiger partial charge is 0.126 e. The number of rotatable bonds is 2. The predicted molar refractivity (Wildman–Crippen MR) is 55.7 cm³/mol. The van der Waals surface area contributed by atoms with Crippen LogP contribution in [0.1, 0.15) is 10.6 Å². The molecule has 0 saturated carbocycles. The molecule has 72 valence electrons. The molecule has 0 fully saturated rings. The summed E-state index contributed by atoms with van der Waals surface area (Å²) in [5, 5.41) is 1.50. The maximum Gasteiger partial charge on any atom is 0.126 e. The van der Waals surface area contributed by atoms with Crippen LogP contribution in [0.25, 0.3) is 0 Å². The molecule has 2 rings (SSSR count). The summed E-state index contributed by atoms with van der Waals surface area (Å²) in [6, 6.07) is 6.70. The van der Waals surface area contributed by atoms with Crippen LogP contribution < -0.4 is 5.73 Å². The van der Waals surface area contributed by atoms with E-state index in [0.717, 1.165) is 5.01 Å². The molecule has 0 aliphatic carbocycles. The van der Waals surface area contributed by atoms with Crippen molar-refractivity contribution < 1.29 is 4.39 Å². The lowest BCUT2D eigenvalue weighted by atomic mass is 10.1. The van der Waals surface area contributed by atoms with Crippen LogP contribution in [0.3, 0.4) is 0 Å². The van der Waals surface area contributed by atoms with E-state index >= 15 is 0 Å². The molecule has 0 bridgehead atoms. The fraction of sp³-hybridized carbons (Fsp3) is 0.100. The average Bonchev–Trinajstić information content (AvgIpc) is 2.56. The van der Waals surface area contributed by atoms with E-state index in [1.165, 1.54) is 17.4 Å². The average molecular weight is 208 g/mol. The number of benzene rings is 1. The molecule has 0 spiro atoms. The highest BCUT2D eigenvalue weighted by atomic mass is 32.1. The van der Waals surface area contributed by atoms with Gasteiger partial charge < -0.3 is 5.73 Å². The SMILES string of the molecule is Nc1cnc(Cc2ccccc2F)s1. The first kappa shape index (κ1) is 9.15. The van der Waals surface area contributed by atoms with Gasteiger partial charge in [-0.05, 0) is 11.6 Å². The fourth-order valence-corrected chi connectivity index (χ4v) is 1.92. The van der Waals surface area contributed by atoms with Crippen molar-refractivity contribution in [1.29, 1.82) is 0 Å². The molecule has 2 nitrogen and oxygen atoms in total. The van der Waals surface area contributed by atoms with E-state index in [9.17, 15) is 4.39 Å². The zero-order valence-electron chi connectivity index (χ0n) is 7.40. The van der Waals surface area contributed by atoms with Crippen LogP contribution in [0.15, 0.2) is 30.5 Å². The Kier molecular flexibility index (Phi) is 2.45. The Morgan fingerprint density at radius 2 is 2.14 bits per heavy atom. The molecule has 1 heterocycles. The molecule has 1 aromatic heterocycles. The molecule has 2 N–H and O–H groups in total. The standard InChI is InChI=1S/C10H9FN2S/c11-8-4-2-1-3-7(8)5-10-13-6-9(12)14-10/h1-4,6H,5,12H2. The molecule has 0 atom stereocenters. The lowest BCUT2D eigenvalue weighted by Crippen LogP contribution is -1.90. The molecule has 0 unspecified atom stereocenters. The topological polar surface area (TPSA) is 38.9 Å². The third kappa shape index (κ3) is 1.90. The van der Waals surface area contributed by atoms with Gasteiger partial charge in [0.2, 0.25) is 0 Å². The second kappa shape index (κ2) is 3.75. The van der Waals surface area contributed by atoms with Gasteiger partial charge in [0.05, 0.1) is 11.2 Å². The van der Waals surface area contributed by atoms with Gasteiger partial charge in [0.15, 0.2) is 0 Å². The van der Waals surface area contributed by atoms with Gasteiger partial charge in [-0.1, -0.05) is 18.2 Å². The highest BCUT2D eigenvalue weighted by molar-refractivity contribution is 7.15. The largest absolute Gasteiger partial charge is 0.389 e. The number of nitrogens with two attached hydrogens (primary N) is 1. The zero-order chi connectivity index (χ0) is 9.97. The van der Waals surface area contributed by atoms with Crippen LogP contribution in [0.4, 0.5) is 9.39 Å². The Labute approximate surface area is 85.2 Å². The number of hydrogen-bond acceptors (Lipinski definition) is 3. The summed E-state index contributed by atoms with van der Waals surface area (Å²) in [6.07, 6.45) is 2.11. The van der Waals surface area contributed by atoms with Gasteiger partial charge in [0.25, 0.3) is 0 Å². The maximum atomic E-state index is 13.2. The summed E-state index contributed by atoms with van der Waals surface area (Å²) >= 11 is 1.39. The minimum absolute atomic E-state index is 0.193. The Morgan fingerprint density at radius 1 is 1.36 bits per heavy atom. The minimum Gasteiger partial charge on any atom is -0.389 e. The van der Waals surface area contributed by atoms with Crippen LogP contribution in [0.2, 0.25) is 0 Å². The molecule has 14 heavy (non-hydrogen) atoms. The van der Waals surface area contributed by atoms with Crippen LogP contribution in [0, 0.1) is 5.82 Å². The van der Waals surface area contributed by atoms with Gasteiger partial charge in [-0.3, -0.25) is 0 Å². The van der Waals surface area contributed by atoms with Crippen molar-refractivity contribution in [2.45, 2.75) is 6.42 Å². The lowest BCUT2D eigenvalue weighted by Gasteiger charge is -1.98. The number of thiazole rings is 1. The highest BCUT2D eigenvalue weighted by Gasteiger charge is 2.04. The summed E-state index contributed by atoms with van der Waals surface area (Å²) in [6.45, 7) is 0. The van der Waals surface area contributed by atoms with E-state index in [-0.39, 0.29) is 5.82 Å². The first-order chi connectivity index (χ1) is 6.75. The van der Waals surface area contributed by atoms with E-state index in [2.05, 4.69) is 4.98 Å². The van der Waals surface area contributed by atoms with Crippen molar-refractivity contribution in [3.05, 3.63) is 46.9 Å². The molecule has 0 aliphatic rings. The molecule has 2 aromatic rings. The van der Waals surface area contributed by atoms with E-state index in [1.807, 2.05) is 6.07 Å². The Hall–Kier alpha value is -1.42. The third-order valence-electron chi connectivity index (χ3n) is 1.87. The first-order valence-electron chi connectivity index (χ1n) is 4.19. The van der Waals surface area contributed by atoms with E-state index in [1.54, 1.807) is 18.3 Å². The monoisotopic (exact) mass is 208 g/mol. The molecule has 0 aliphatic heterocycles. The van der Waals surface area contributed by atoms with Crippen LogP contribution >= 0.6 is 11.3 Å². The van der Waals surface area contributed by atoms with E-state index in [0.29, 0.717) is 17.0 Å². The second-order valence-electron chi connectivity index (χ2n) is 2.92. The number of hydrogen-bond donors (Lipinski definition) is 1. The van der Waals surface area contributed by atoms with Crippen molar-refractivity contribution in [3.8, 4) is 0 Å². The molecular weight excluding hydrogens is 199 g/mol. The third-order valence-corrected chi connectivity index (χ3v) is 2.70. The molecule has 0 amide bonds. The van der Waals surface area contributed by atoms with Crippen LogP contribution in [-0.4, -0.2) is 4.98 Å². The molecule has 4 heteroatoms. The van der Waals surface area contributed by atoms with Crippen LogP contribution in [0.5, 0.6) is 0 Å². The highest BCUT2D eigenvalue weighted by Crippen LogP contribution is 2.19. The number of nitrogens with zero attached hydrogens (tertiary/aromatic N) is 1. The number of anilines is 1. The lowest BCUT2D eigenvalue weighted by molar-refractivity contribution is 0.614. The predicted octanol–water partition coefficient (Wildman–Crippen LogP) is 2.46. The van der Waals surface area contributed by atoms with Gasteiger partial charge in [-0.15, -0.1) is 11.3 Å². The van der Waals surface area contributed by atoms with Crippen LogP contribution in [-0.2, 0) is 6.42 Å². The van der Waals surface area contributed by atoms with Crippen molar-refractivity contribution >= 4 is 16.3 Å². The fourth-order valence-electron chi connectivity index (χ4n) is 1.21. The number of nitrogen functional groups attached to an aromatic ring is 1. The Bertz CT molecular complexity index is 439. The summed E-state index contributed by atoms with van der Waals surface area (Å²) in [4.78, 5) is 4.08. The molecular formula is C10H9FN2S. The second-order valence-corrected chi connectivity index (χ2v) is 4.07. The Morgan fingerprint density at radius 3 is 2.79 bits per heavy atom. The van der Waals surface area contributed by atoms with Crippen molar-refractivity contribution in [2.24, 2.45) is 0 Å². The molecule has 0 radical (unpaired) electrons. The van der Waals surface area contributed by atoms with E-state index < -0.39 is 0 Å².